The number of quaternary nitrogens is 1. The van der Waals surface area contributed by atoms with Gasteiger partial charge in [0.2, 0.25) is 0 Å². The van der Waals surface area contributed by atoms with E-state index < -0.39 is 13.7 Å². The Labute approximate surface area is 197 Å². The van der Waals surface area contributed by atoms with Gasteiger partial charge in [-0.1, -0.05) is 84.0 Å². The first-order valence-corrected chi connectivity index (χ1v) is 14.4. The van der Waals surface area contributed by atoms with Gasteiger partial charge in [0.25, 0.3) is 6.47 Å². The number of rotatable bonds is 24. The van der Waals surface area contributed by atoms with Crippen LogP contribution in [0.4, 0.5) is 0 Å². The fraction of sp³-hybridized carbons (Fsp3) is 0.958. The van der Waals surface area contributed by atoms with Crippen LogP contribution in [0.15, 0.2) is 0 Å². The normalized spacial score (nSPS) is 14.8. The van der Waals surface area contributed by atoms with Crippen molar-refractivity contribution in [2.75, 3.05) is 53.7 Å². The highest BCUT2D eigenvalue weighted by molar-refractivity contribution is 7.52. The fourth-order valence-electron chi connectivity index (χ4n) is 3.33. The van der Waals surface area contributed by atoms with Gasteiger partial charge in [-0.3, -0.25) is 9.36 Å². The number of unbranched alkanes of at least 4 members (excludes halogenated alkanes) is 12. The van der Waals surface area contributed by atoms with Crippen LogP contribution in [0.3, 0.4) is 0 Å². The molecule has 0 aliphatic carbocycles. The Kier molecular flexibility index (Phi) is 19.7. The minimum atomic E-state index is -3.71. The molecule has 8 heteroatoms. The molecule has 0 aliphatic heterocycles. The molecule has 2 atom stereocenters. The van der Waals surface area contributed by atoms with Crippen LogP contribution in [0.25, 0.3) is 0 Å². The van der Waals surface area contributed by atoms with E-state index in [0.29, 0.717) is 24.1 Å². The van der Waals surface area contributed by atoms with E-state index in [1.807, 2.05) is 21.1 Å². The van der Waals surface area contributed by atoms with Gasteiger partial charge in [-0.25, -0.2) is 0 Å². The average Bonchev–Trinajstić information content (AvgIpc) is 2.73. The molecular formula is C24H51NO6P+. The summed E-state index contributed by atoms with van der Waals surface area (Å²) in [5.41, 5.74) is 0. The highest BCUT2D eigenvalue weighted by Gasteiger charge is 2.25. The summed E-state index contributed by atoms with van der Waals surface area (Å²) in [5.74, 6) is 0. The minimum Gasteiger partial charge on any atom is -0.460 e. The zero-order valence-electron chi connectivity index (χ0n) is 21.3. The molecule has 0 aromatic heterocycles. The molecule has 192 valence electrons. The molecule has 2 unspecified atom stereocenters. The Balaban J connectivity index is 3.67. The van der Waals surface area contributed by atoms with E-state index in [-0.39, 0.29) is 19.4 Å². The Morgan fingerprint density at radius 2 is 1.34 bits per heavy atom. The molecule has 0 amide bonds. The van der Waals surface area contributed by atoms with Crippen molar-refractivity contribution in [2.45, 2.75) is 96.5 Å². The molecule has 0 saturated carbocycles. The van der Waals surface area contributed by atoms with Crippen molar-refractivity contribution in [3.8, 4) is 0 Å². The van der Waals surface area contributed by atoms with Gasteiger partial charge in [-0.2, -0.15) is 0 Å². The van der Waals surface area contributed by atoms with Crippen LogP contribution in [-0.4, -0.2) is 75.6 Å². The SMILES string of the molecule is CCCCCCCCCCCCCCCOCC(COP(=O)(O)CC[N+](C)(C)C)OC=O. The molecule has 0 aromatic carbocycles. The predicted octanol–water partition coefficient (Wildman–Crippen LogP) is 5.54. The number of carbonyl (C=O) groups excluding carboxylic acids is 1. The molecule has 32 heavy (non-hydrogen) atoms. The van der Waals surface area contributed by atoms with Gasteiger partial charge < -0.3 is 23.4 Å². The summed E-state index contributed by atoms with van der Waals surface area (Å²) in [6.07, 6.45) is 16.3. The van der Waals surface area contributed by atoms with Gasteiger partial charge in [0, 0.05) is 6.61 Å². The lowest BCUT2D eigenvalue weighted by Gasteiger charge is -2.25. The van der Waals surface area contributed by atoms with Gasteiger partial charge in [0.05, 0.1) is 47.1 Å². The molecule has 0 saturated heterocycles. The topological polar surface area (TPSA) is 82.1 Å². The standard InChI is InChI=1S/C24H50NO6P/c1-5-6-7-8-9-10-11-12-13-14-15-16-17-19-29-21-24(30-23-26)22-31-32(27,28)20-18-25(2,3)4/h23-24H,5-22H2,1-4H3/p+1. The van der Waals surface area contributed by atoms with E-state index in [1.54, 1.807) is 0 Å². The number of carbonyl (C=O) groups is 1. The van der Waals surface area contributed by atoms with E-state index in [4.69, 9.17) is 14.0 Å². The van der Waals surface area contributed by atoms with Gasteiger partial charge in [0.1, 0.15) is 6.10 Å². The number of nitrogens with zero attached hydrogens (tertiary/aromatic N) is 1. The number of hydrogen-bond acceptors (Lipinski definition) is 5. The van der Waals surface area contributed by atoms with Crippen LogP contribution >= 0.6 is 7.60 Å². The van der Waals surface area contributed by atoms with Crippen LogP contribution in [0.2, 0.25) is 0 Å². The molecule has 0 spiro atoms. The van der Waals surface area contributed by atoms with Gasteiger partial charge in [-0.15, -0.1) is 0 Å². The summed E-state index contributed by atoms with van der Waals surface area (Å²) in [6.45, 7) is 3.73. The van der Waals surface area contributed by atoms with E-state index >= 15 is 0 Å². The van der Waals surface area contributed by atoms with Crippen molar-refractivity contribution in [3.05, 3.63) is 0 Å². The molecular weight excluding hydrogens is 429 g/mol. The Morgan fingerprint density at radius 3 is 1.81 bits per heavy atom. The first kappa shape index (κ1) is 31.5. The first-order valence-electron chi connectivity index (χ1n) is 12.6. The van der Waals surface area contributed by atoms with E-state index in [0.717, 1.165) is 12.8 Å². The Bertz CT molecular complexity index is 484. The van der Waals surface area contributed by atoms with Crippen molar-refractivity contribution >= 4 is 14.1 Å². The first-order chi connectivity index (χ1) is 15.2. The van der Waals surface area contributed by atoms with Crippen molar-refractivity contribution < 1.29 is 32.7 Å². The predicted molar refractivity (Wildman–Crippen MR) is 131 cm³/mol. The molecule has 0 heterocycles. The number of hydrogen-bond donors (Lipinski definition) is 1. The van der Waals surface area contributed by atoms with Crippen LogP contribution in [0.1, 0.15) is 90.4 Å². The molecule has 0 rings (SSSR count). The highest BCUT2D eigenvalue weighted by Crippen LogP contribution is 2.41. The quantitative estimate of drug-likeness (QED) is 0.0845. The van der Waals surface area contributed by atoms with Crippen LogP contribution in [0, 0.1) is 0 Å². The molecule has 0 radical (unpaired) electrons. The van der Waals surface area contributed by atoms with E-state index in [1.165, 1.54) is 70.6 Å². The third-order valence-corrected chi connectivity index (χ3v) is 6.78. The molecule has 0 aliphatic rings. The van der Waals surface area contributed by atoms with Crippen LogP contribution in [-0.2, 0) is 23.4 Å². The number of ether oxygens (including phenoxy) is 2. The molecule has 0 bridgehead atoms. The lowest BCUT2D eigenvalue weighted by atomic mass is 10.0. The Hall–Kier alpha value is -0.460. The van der Waals surface area contributed by atoms with Crippen molar-refractivity contribution in [3.63, 3.8) is 0 Å². The van der Waals surface area contributed by atoms with Crippen LogP contribution < -0.4 is 0 Å². The lowest BCUT2D eigenvalue weighted by molar-refractivity contribution is -0.867. The zero-order valence-corrected chi connectivity index (χ0v) is 22.2. The molecule has 0 aromatic rings. The summed E-state index contributed by atoms with van der Waals surface area (Å²) in [6, 6.07) is 0. The third-order valence-electron chi connectivity index (χ3n) is 5.46. The summed E-state index contributed by atoms with van der Waals surface area (Å²) < 4.78 is 28.4. The van der Waals surface area contributed by atoms with Gasteiger partial charge >= 0.3 is 7.60 Å². The van der Waals surface area contributed by atoms with Crippen molar-refractivity contribution in [1.29, 1.82) is 0 Å². The summed E-state index contributed by atoms with van der Waals surface area (Å²) in [5, 5.41) is 0. The fourth-order valence-corrected chi connectivity index (χ4v) is 4.71. The highest BCUT2D eigenvalue weighted by atomic mass is 31.2. The summed E-state index contributed by atoms with van der Waals surface area (Å²) in [7, 11) is 2.13. The van der Waals surface area contributed by atoms with E-state index in [9.17, 15) is 14.3 Å². The molecule has 1 N–H and O–H groups in total. The second kappa shape index (κ2) is 20.0. The minimum absolute atomic E-state index is 0.0596. The van der Waals surface area contributed by atoms with E-state index in [2.05, 4.69) is 6.92 Å². The summed E-state index contributed by atoms with van der Waals surface area (Å²) in [4.78, 5) is 20.6. The second-order valence-corrected chi connectivity index (χ2v) is 11.8. The smallest absolute Gasteiger partial charge is 0.333 e. The van der Waals surface area contributed by atoms with Gasteiger partial charge in [0.15, 0.2) is 0 Å². The maximum absolute atomic E-state index is 12.1. The second-order valence-electron chi connectivity index (χ2n) is 9.84. The average molecular weight is 481 g/mol. The summed E-state index contributed by atoms with van der Waals surface area (Å²) >= 11 is 0. The van der Waals surface area contributed by atoms with Crippen molar-refractivity contribution in [2.24, 2.45) is 0 Å². The largest absolute Gasteiger partial charge is 0.460 e. The van der Waals surface area contributed by atoms with Crippen molar-refractivity contribution in [1.82, 2.24) is 0 Å². The molecule has 7 nitrogen and oxygen atoms in total. The maximum Gasteiger partial charge on any atom is 0.333 e. The Morgan fingerprint density at radius 1 is 0.844 bits per heavy atom. The lowest BCUT2D eigenvalue weighted by Crippen LogP contribution is -2.37. The van der Waals surface area contributed by atoms with Crippen LogP contribution in [0.5, 0.6) is 0 Å². The zero-order chi connectivity index (χ0) is 24.1. The monoisotopic (exact) mass is 480 g/mol. The molecule has 0 fully saturated rings. The van der Waals surface area contributed by atoms with Gasteiger partial charge in [-0.05, 0) is 6.42 Å². The maximum atomic E-state index is 12.1. The third kappa shape index (κ3) is 22.7.